The van der Waals surface area contributed by atoms with Crippen molar-refractivity contribution in [3.63, 3.8) is 0 Å². The van der Waals surface area contributed by atoms with Crippen LogP contribution in [0.25, 0.3) is 0 Å². The average molecular weight is 344 g/mol. The van der Waals surface area contributed by atoms with Crippen LogP contribution >= 0.6 is 0 Å². The molecule has 0 radical (unpaired) electrons. The fourth-order valence-electron chi connectivity index (χ4n) is 4.20. The van der Waals surface area contributed by atoms with E-state index < -0.39 is 0 Å². The van der Waals surface area contributed by atoms with E-state index in [4.69, 9.17) is 14.2 Å². The number of phenolic OH excluding ortho intramolecular Hbond substituents is 2. The zero-order chi connectivity index (χ0) is 17.7. The number of hydrogen-bond donors (Lipinski definition) is 3. The second-order valence-corrected chi connectivity index (χ2v) is 6.61. The maximum atomic E-state index is 10.7. The third-order valence-corrected chi connectivity index (χ3v) is 5.34. The van der Waals surface area contributed by atoms with E-state index in [0.29, 0.717) is 23.8 Å². The summed E-state index contributed by atoms with van der Waals surface area (Å²) in [6.07, 6.45) is 0. The van der Waals surface area contributed by atoms with Gasteiger partial charge in [-0.1, -0.05) is 0 Å². The molecule has 2 bridgehead atoms. The lowest BCUT2D eigenvalue weighted by Gasteiger charge is -2.38. The molecule has 0 amide bonds. The van der Waals surface area contributed by atoms with Crippen LogP contribution in [0.2, 0.25) is 0 Å². The second kappa shape index (κ2) is 5.74. The van der Waals surface area contributed by atoms with E-state index in [1.807, 2.05) is 12.1 Å². The first-order valence-electron chi connectivity index (χ1n) is 8.27. The quantitative estimate of drug-likeness (QED) is 0.780. The van der Waals surface area contributed by atoms with Crippen LogP contribution in [0.1, 0.15) is 28.2 Å². The Morgan fingerprint density at radius 1 is 0.920 bits per heavy atom. The van der Waals surface area contributed by atoms with E-state index in [0.717, 1.165) is 35.3 Å². The van der Waals surface area contributed by atoms with Gasteiger partial charge in [0.25, 0.3) is 0 Å². The summed E-state index contributed by atoms with van der Waals surface area (Å²) >= 11 is 0. The number of methoxy groups -OCH3 is 3. The van der Waals surface area contributed by atoms with Crippen molar-refractivity contribution >= 4 is 0 Å². The maximum Gasteiger partial charge on any atom is 0.203 e. The minimum absolute atomic E-state index is 0.114. The first kappa shape index (κ1) is 15.9. The Morgan fingerprint density at radius 3 is 2.32 bits per heavy atom. The molecule has 0 saturated heterocycles. The van der Waals surface area contributed by atoms with Gasteiger partial charge in [0.15, 0.2) is 23.0 Å². The fraction of sp³-hybridized carbons (Fsp3) is 0.368. The number of quaternary nitrogens is 1. The van der Waals surface area contributed by atoms with Gasteiger partial charge in [-0.15, -0.1) is 0 Å². The minimum atomic E-state index is 0.114. The molecule has 2 atom stereocenters. The van der Waals surface area contributed by atoms with Crippen molar-refractivity contribution < 1.29 is 29.3 Å². The lowest BCUT2D eigenvalue weighted by Crippen LogP contribution is -3.11. The Hall–Kier alpha value is -2.60. The summed E-state index contributed by atoms with van der Waals surface area (Å²) in [6, 6.07) is 5.67. The molecule has 0 aromatic heterocycles. The molecule has 2 aromatic carbocycles. The van der Waals surface area contributed by atoms with Gasteiger partial charge in [0.2, 0.25) is 5.75 Å². The van der Waals surface area contributed by atoms with Gasteiger partial charge in [-0.2, -0.15) is 0 Å². The molecule has 0 aliphatic carbocycles. The molecule has 2 aromatic rings. The Bertz CT molecular complexity index is 848. The molecule has 6 heteroatoms. The number of fused-ring (bicyclic) bond motifs is 6. The zero-order valence-electron chi connectivity index (χ0n) is 14.5. The molecule has 0 spiro atoms. The molecular weight excluding hydrogens is 322 g/mol. The molecule has 2 aliphatic rings. The third kappa shape index (κ3) is 2.28. The Balaban J connectivity index is 1.92. The molecule has 6 nitrogen and oxygen atoms in total. The van der Waals surface area contributed by atoms with Crippen LogP contribution in [0.5, 0.6) is 28.7 Å². The molecule has 0 fully saturated rings. The van der Waals surface area contributed by atoms with Gasteiger partial charge < -0.3 is 29.3 Å². The summed E-state index contributed by atoms with van der Waals surface area (Å²) < 4.78 is 16.0. The molecule has 2 aliphatic heterocycles. The van der Waals surface area contributed by atoms with Crippen molar-refractivity contribution in [2.45, 2.75) is 19.0 Å². The van der Waals surface area contributed by atoms with E-state index in [-0.39, 0.29) is 17.4 Å². The van der Waals surface area contributed by atoms with E-state index in [2.05, 4.69) is 0 Å². The number of phenols is 2. The molecule has 2 heterocycles. The third-order valence-electron chi connectivity index (χ3n) is 5.34. The molecular formula is C19H22NO5+. The highest BCUT2D eigenvalue weighted by Gasteiger charge is 2.39. The molecule has 1 unspecified atom stereocenters. The normalized spacial score (nSPS) is 20.4. The standard InChI is InChI=1S/C19H21NO5/c1-23-16-5-11-10(4-15(16)21)7-20-8-13(11)12-6-17(24-2)19(25-3)18(22)14(12)9-20/h4-6,13,21-22H,7-9H2,1-3H3/p+1/t13-/m1/s1. The van der Waals surface area contributed by atoms with Crippen LogP contribution in [0, 0.1) is 0 Å². The predicted octanol–water partition coefficient (Wildman–Crippen LogP) is 1.17. The number of rotatable bonds is 3. The van der Waals surface area contributed by atoms with E-state index in [1.54, 1.807) is 20.3 Å². The smallest absolute Gasteiger partial charge is 0.203 e. The van der Waals surface area contributed by atoms with Crippen molar-refractivity contribution in [3.8, 4) is 28.7 Å². The summed E-state index contributed by atoms with van der Waals surface area (Å²) in [6.45, 7) is 2.45. The van der Waals surface area contributed by atoms with Crippen LogP contribution in [-0.2, 0) is 13.1 Å². The highest BCUT2D eigenvalue weighted by molar-refractivity contribution is 5.62. The maximum absolute atomic E-state index is 10.7. The summed E-state index contributed by atoms with van der Waals surface area (Å²) in [5, 5.41) is 20.8. The Kier molecular flexibility index (Phi) is 3.65. The van der Waals surface area contributed by atoms with Crippen molar-refractivity contribution in [1.29, 1.82) is 0 Å². The van der Waals surface area contributed by atoms with Crippen LogP contribution in [0.15, 0.2) is 18.2 Å². The van der Waals surface area contributed by atoms with Gasteiger partial charge in [0.1, 0.15) is 13.1 Å². The highest BCUT2D eigenvalue weighted by Crippen LogP contribution is 2.47. The van der Waals surface area contributed by atoms with Gasteiger partial charge in [-0.3, -0.25) is 0 Å². The van der Waals surface area contributed by atoms with E-state index >= 15 is 0 Å². The predicted molar refractivity (Wildman–Crippen MR) is 91.0 cm³/mol. The van der Waals surface area contributed by atoms with E-state index in [9.17, 15) is 10.2 Å². The number of ether oxygens (including phenoxy) is 3. The van der Waals surface area contributed by atoms with Crippen molar-refractivity contribution in [2.75, 3.05) is 27.9 Å². The minimum Gasteiger partial charge on any atom is -0.504 e. The van der Waals surface area contributed by atoms with Crippen LogP contribution in [0.3, 0.4) is 0 Å². The van der Waals surface area contributed by atoms with Gasteiger partial charge in [0.05, 0.1) is 39.4 Å². The zero-order valence-corrected chi connectivity index (χ0v) is 14.5. The first-order valence-corrected chi connectivity index (χ1v) is 8.27. The van der Waals surface area contributed by atoms with Crippen LogP contribution < -0.4 is 19.1 Å². The average Bonchev–Trinajstić information content (AvgIpc) is 2.61. The molecule has 132 valence electrons. The van der Waals surface area contributed by atoms with Gasteiger partial charge in [0, 0.05) is 5.56 Å². The monoisotopic (exact) mass is 344 g/mol. The number of nitrogens with one attached hydrogen (secondary N) is 1. The van der Waals surface area contributed by atoms with Gasteiger partial charge >= 0.3 is 0 Å². The summed E-state index contributed by atoms with van der Waals surface area (Å²) in [7, 11) is 4.65. The molecule has 0 saturated carbocycles. The van der Waals surface area contributed by atoms with Crippen LogP contribution in [-0.4, -0.2) is 38.1 Å². The van der Waals surface area contributed by atoms with Crippen LogP contribution in [0.4, 0.5) is 0 Å². The Morgan fingerprint density at radius 2 is 1.64 bits per heavy atom. The number of aromatic hydroxyl groups is 2. The summed E-state index contributed by atoms with van der Waals surface area (Å²) in [5.74, 6) is 1.82. The lowest BCUT2D eigenvalue weighted by molar-refractivity contribution is -0.933. The number of benzene rings is 2. The Labute approximate surface area is 146 Å². The SMILES string of the molecule is COc1cc2c(cc1O)C[NH+]1Cc3c(cc(OC)c(OC)c3O)[C@@H]2C1. The topological polar surface area (TPSA) is 72.6 Å². The summed E-state index contributed by atoms with van der Waals surface area (Å²) in [5.41, 5.74) is 4.20. The largest absolute Gasteiger partial charge is 0.504 e. The fourth-order valence-corrected chi connectivity index (χ4v) is 4.20. The van der Waals surface area contributed by atoms with E-state index in [1.165, 1.54) is 12.0 Å². The number of hydrogen-bond acceptors (Lipinski definition) is 5. The molecule has 25 heavy (non-hydrogen) atoms. The summed E-state index contributed by atoms with van der Waals surface area (Å²) in [4.78, 5) is 1.34. The molecule has 4 rings (SSSR count). The highest BCUT2D eigenvalue weighted by atomic mass is 16.5. The first-order chi connectivity index (χ1) is 12.1. The van der Waals surface area contributed by atoms with Gasteiger partial charge in [-0.05, 0) is 29.3 Å². The lowest BCUT2D eigenvalue weighted by atomic mass is 9.79. The second-order valence-electron chi connectivity index (χ2n) is 6.61. The molecule has 3 N–H and O–H groups in total. The van der Waals surface area contributed by atoms with Crippen molar-refractivity contribution in [3.05, 3.63) is 40.5 Å². The van der Waals surface area contributed by atoms with Gasteiger partial charge in [-0.25, -0.2) is 0 Å². The van der Waals surface area contributed by atoms with Crippen molar-refractivity contribution in [2.24, 2.45) is 0 Å². The van der Waals surface area contributed by atoms with Crippen molar-refractivity contribution in [1.82, 2.24) is 0 Å².